The van der Waals surface area contributed by atoms with E-state index in [0.29, 0.717) is 22.1 Å². The van der Waals surface area contributed by atoms with E-state index in [-0.39, 0.29) is 5.56 Å². The van der Waals surface area contributed by atoms with Crippen LogP contribution >= 0.6 is 11.6 Å². The lowest BCUT2D eigenvalue weighted by molar-refractivity contribution is 0.102. The molecule has 0 spiro atoms. The fourth-order valence-electron chi connectivity index (χ4n) is 2.39. The topological polar surface area (TPSA) is 54.9 Å². The van der Waals surface area contributed by atoms with Crippen LogP contribution in [0.1, 0.15) is 22.8 Å². The highest BCUT2D eigenvalue weighted by Gasteiger charge is 2.15. The van der Waals surface area contributed by atoms with Gasteiger partial charge in [-0.2, -0.15) is 0 Å². The smallest absolute Gasteiger partial charge is 0.259 e. The Hall–Kier alpha value is -2.79. The molecule has 6 heteroatoms. The minimum absolute atomic E-state index is 0.0699. The Morgan fingerprint density at radius 1 is 1.16 bits per heavy atom. The first kappa shape index (κ1) is 17.0. The SMILES string of the molecule is CCc1ccnc(NC(=O)c2ccc(-c3ncccc3Cl)cc2F)c1. The molecule has 25 heavy (non-hydrogen) atoms. The number of aryl methyl sites for hydroxylation is 1. The molecule has 1 amide bonds. The fraction of sp³-hybridized carbons (Fsp3) is 0.105. The first-order valence-electron chi connectivity index (χ1n) is 7.75. The number of pyridine rings is 2. The van der Waals surface area contributed by atoms with E-state index in [1.54, 1.807) is 36.7 Å². The highest BCUT2D eigenvalue weighted by molar-refractivity contribution is 6.33. The van der Waals surface area contributed by atoms with Crippen LogP contribution in [-0.2, 0) is 6.42 Å². The van der Waals surface area contributed by atoms with Gasteiger partial charge in [-0.25, -0.2) is 9.37 Å². The van der Waals surface area contributed by atoms with Crippen molar-refractivity contribution >= 4 is 23.3 Å². The van der Waals surface area contributed by atoms with Crippen molar-refractivity contribution in [2.24, 2.45) is 0 Å². The predicted octanol–water partition coefficient (Wildman–Crippen LogP) is 4.75. The monoisotopic (exact) mass is 355 g/mol. The van der Waals surface area contributed by atoms with Crippen molar-refractivity contribution in [2.45, 2.75) is 13.3 Å². The van der Waals surface area contributed by atoms with Crippen LogP contribution in [0.25, 0.3) is 11.3 Å². The van der Waals surface area contributed by atoms with Crippen molar-refractivity contribution in [1.29, 1.82) is 0 Å². The van der Waals surface area contributed by atoms with Gasteiger partial charge in [-0.1, -0.05) is 24.6 Å². The van der Waals surface area contributed by atoms with E-state index >= 15 is 0 Å². The van der Waals surface area contributed by atoms with Gasteiger partial charge in [0.05, 0.1) is 16.3 Å². The summed E-state index contributed by atoms with van der Waals surface area (Å²) in [4.78, 5) is 20.5. The van der Waals surface area contributed by atoms with Crippen LogP contribution in [0, 0.1) is 5.82 Å². The molecular weight excluding hydrogens is 341 g/mol. The first-order valence-corrected chi connectivity index (χ1v) is 8.13. The second-order valence-electron chi connectivity index (χ2n) is 5.39. The molecule has 3 rings (SSSR count). The van der Waals surface area contributed by atoms with Crippen LogP contribution in [0.3, 0.4) is 0 Å². The number of benzene rings is 1. The number of hydrogen-bond donors (Lipinski definition) is 1. The van der Waals surface area contributed by atoms with Crippen LogP contribution in [0.5, 0.6) is 0 Å². The van der Waals surface area contributed by atoms with Crippen LogP contribution in [-0.4, -0.2) is 15.9 Å². The number of amides is 1. The average Bonchev–Trinajstić information content (AvgIpc) is 2.62. The number of rotatable bonds is 4. The number of aromatic nitrogens is 2. The number of carbonyl (C=O) groups excluding carboxylic acids is 1. The van der Waals surface area contributed by atoms with Crippen molar-refractivity contribution in [3.63, 3.8) is 0 Å². The Morgan fingerprint density at radius 3 is 2.72 bits per heavy atom. The molecule has 0 bridgehead atoms. The Morgan fingerprint density at radius 2 is 2.00 bits per heavy atom. The summed E-state index contributed by atoms with van der Waals surface area (Å²) in [6.07, 6.45) is 4.00. The molecule has 126 valence electrons. The van der Waals surface area contributed by atoms with Crippen molar-refractivity contribution in [2.75, 3.05) is 5.32 Å². The molecule has 2 aromatic heterocycles. The molecule has 0 aliphatic heterocycles. The normalized spacial score (nSPS) is 10.5. The maximum absolute atomic E-state index is 14.4. The molecule has 0 radical (unpaired) electrons. The third-order valence-corrected chi connectivity index (χ3v) is 4.02. The lowest BCUT2D eigenvalue weighted by Crippen LogP contribution is -2.15. The first-order chi connectivity index (χ1) is 12.1. The van der Waals surface area contributed by atoms with E-state index in [4.69, 9.17) is 11.6 Å². The lowest BCUT2D eigenvalue weighted by atomic mass is 10.1. The number of nitrogens with one attached hydrogen (secondary N) is 1. The van der Waals surface area contributed by atoms with E-state index < -0.39 is 11.7 Å². The molecule has 0 atom stereocenters. The summed E-state index contributed by atoms with van der Waals surface area (Å²) in [5, 5.41) is 3.03. The Labute approximate surface area is 149 Å². The van der Waals surface area contributed by atoms with Gasteiger partial charge in [0.25, 0.3) is 5.91 Å². The Kier molecular flexibility index (Phi) is 5.05. The number of carbonyl (C=O) groups is 1. The number of halogens is 2. The Bertz CT molecular complexity index is 930. The molecule has 1 N–H and O–H groups in total. The van der Waals surface area contributed by atoms with Gasteiger partial charge < -0.3 is 5.32 Å². The van der Waals surface area contributed by atoms with E-state index in [2.05, 4.69) is 15.3 Å². The van der Waals surface area contributed by atoms with Gasteiger partial charge in [0.1, 0.15) is 11.6 Å². The fourth-order valence-corrected chi connectivity index (χ4v) is 2.62. The van der Waals surface area contributed by atoms with E-state index in [0.717, 1.165) is 12.0 Å². The second-order valence-corrected chi connectivity index (χ2v) is 5.79. The van der Waals surface area contributed by atoms with Crippen LogP contribution in [0.4, 0.5) is 10.2 Å². The van der Waals surface area contributed by atoms with Crippen molar-refractivity contribution in [3.05, 3.63) is 76.8 Å². The highest BCUT2D eigenvalue weighted by Crippen LogP contribution is 2.26. The molecule has 0 fully saturated rings. The Balaban J connectivity index is 1.85. The van der Waals surface area contributed by atoms with Gasteiger partial charge >= 0.3 is 0 Å². The summed E-state index contributed by atoms with van der Waals surface area (Å²) in [5.74, 6) is -0.819. The average molecular weight is 356 g/mol. The van der Waals surface area contributed by atoms with Crippen LogP contribution in [0.2, 0.25) is 5.02 Å². The number of anilines is 1. The molecule has 1 aromatic carbocycles. The van der Waals surface area contributed by atoms with Crippen molar-refractivity contribution in [3.8, 4) is 11.3 Å². The molecular formula is C19H15ClFN3O. The zero-order valence-electron chi connectivity index (χ0n) is 13.5. The largest absolute Gasteiger partial charge is 0.306 e. The predicted molar refractivity (Wildman–Crippen MR) is 96.2 cm³/mol. The van der Waals surface area contributed by atoms with Crippen molar-refractivity contribution in [1.82, 2.24) is 9.97 Å². The molecule has 0 saturated heterocycles. The zero-order chi connectivity index (χ0) is 17.8. The minimum Gasteiger partial charge on any atom is -0.306 e. The standard InChI is InChI=1S/C19H15ClFN3O/c1-2-12-7-9-22-17(10-12)24-19(25)14-6-5-13(11-16(14)21)18-15(20)4-3-8-23-18/h3-11H,2H2,1H3,(H,22,24,25). The summed E-state index contributed by atoms with van der Waals surface area (Å²) in [5.41, 5.74) is 1.93. The van der Waals surface area contributed by atoms with E-state index in [1.807, 2.05) is 13.0 Å². The maximum atomic E-state index is 14.4. The van der Waals surface area contributed by atoms with Gasteiger partial charge in [-0.3, -0.25) is 9.78 Å². The molecule has 2 heterocycles. The summed E-state index contributed by atoms with van der Waals surface area (Å²) in [6, 6.07) is 11.3. The van der Waals surface area contributed by atoms with Crippen molar-refractivity contribution < 1.29 is 9.18 Å². The molecule has 0 aliphatic carbocycles. The van der Waals surface area contributed by atoms with E-state index in [1.165, 1.54) is 12.1 Å². The summed E-state index contributed by atoms with van der Waals surface area (Å²) in [7, 11) is 0. The molecule has 4 nitrogen and oxygen atoms in total. The maximum Gasteiger partial charge on any atom is 0.259 e. The second kappa shape index (κ2) is 7.40. The molecule has 0 unspecified atom stereocenters. The minimum atomic E-state index is -0.650. The molecule has 3 aromatic rings. The summed E-state index contributed by atoms with van der Waals surface area (Å²) in [6.45, 7) is 2.00. The highest BCUT2D eigenvalue weighted by atomic mass is 35.5. The lowest BCUT2D eigenvalue weighted by Gasteiger charge is -2.08. The summed E-state index contributed by atoms with van der Waals surface area (Å²) < 4.78 is 14.4. The van der Waals surface area contributed by atoms with Crippen LogP contribution < -0.4 is 5.32 Å². The molecule has 0 saturated carbocycles. The third-order valence-electron chi connectivity index (χ3n) is 3.72. The zero-order valence-corrected chi connectivity index (χ0v) is 14.2. The van der Waals surface area contributed by atoms with Gasteiger partial charge in [0, 0.05) is 18.0 Å². The van der Waals surface area contributed by atoms with Gasteiger partial charge in [-0.15, -0.1) is 0 Å². The number of hydrogen-bond acceptors (Lipinski definition) is 3. The van der Waals surface area contributed by atoms with Crippen LogP contribution in [0.15, 0.2) is 54.9 Å². The van der Waals surface area contributed by atoms with Gasteiger partial charge in [0.2, 0.25) is 0 Å². The quantitative estimate of drug-likeness (QED) is 0.734. The van der Waals surface area contributed by atoms with E-state index in [9.17, 15) is 9.18 Å². The number of nitrogens with zero attached hydrogens (tertiary/aromatic N) is 2. The van der Waals surface area contributed by atoms with Gasteiger partial charge in [0.15, 0.2) is 0 Å². The summed E-state index contributed by atoms with van der Waals surface area (Å²) >= 11 is 6.08. The van der Waals surface area contributed by atoms with Gasteiger partial charge in [-0.05, 0) is 48.4 Å². The third kappa shape index (κ3) is 3.83. The molecule has 0 aliphatic rings.